The Kier molecular flexibility index (Phi) is 6.99. The summed E-state index contributed by atoms with van der Waals surface area (Å²) in [6.07, 6.45) is 0. The van der Waals surface area contributed by atoms with E-state index in [1.807, 2.05) is 6.92 Å². The SMILES string of the molecule is CCn1nc(C)c(S(=O)(=O)N2CCN(C(=O)c3cc(OC)c(OC)c(OC)c3)CC2)c1C. The van der Waals surface area contributed by atoms with Gasteiger partial charge in [-0.3, -0.25) is 9.48 Å². The van der Waals surface area contributed by atoms with Crippen molar-refractivity contribution in [1.82, 2.24) is 19.0 Å². The Bertz CT molecular complexity index is 1080. The summed E-state index contributed by atoms with van der Waals surface area (Å²) in [6.45, 7) is 6.94. The van der Waals surface area contributed by atoms with Gasteiger partial charge in [-0.15, -0.1) is 0 Å². The molecule has 0 N–H and O–H groups in total. The summed E-state index contributed by atoms with van der Waals surface area (Å²) in [6, 6.07) is 3.19. The summed E-state index contributed by atoms with van der Waals surface area (Å²) in [7, 11) is 0.766. The minimum atomic E-state index is -3.70. The molecule has 1 aromatic heterocycles. The van der Waals surface area contributed by atoms with Crippen LogP contribution in [0.4, 0.5) is 0 Å². The second-order valence-corrected chi connectivity index (χ2v) is 9.30. The predicted octanol–water partition coefficient (Wildman–Crippen LogP) is 1.69. The van der Waals surface area contributed by atoms with Gasteiger partial charge in [0.15, 0.2) is 11.5 Å². The maximum atomic E-state index is 13.3. The van der Waals surface area contributed by atoms with Crippen molar-refractivity contribution < 1.29 is 27.4 Å². The summed E-state index contributed by atoms with van der Waals surface area (Å²) in [4.78, 5) is 15.0. The smallest absolute Gasteiger partial charge is 0.254 e. The van der Waals surface area contributed by atoms with E-state index in [9.17, 15) is 13.2 Å². The molecule has 0 unspecified atom stereocenters. The Labute approximate surface area is 188 Å². The largest absolute Gasteiger partial charge is 0.493 e. The zero-order valence-corrected chi connectivity index (χ0v) is 20.2. The first-order valence-electron chi connectivity index (χ1n) is 10.3. The lowest BCUT2D eigenvalue weighted by Crippen LogP contribution is -2.50. The molecule has 0 atom stereocenters. The van der Waals surface area contributed by atoms with Crippen molar-refractivity contribution in [2.45, 2.75) is 32.2 Å². The number of ether oxygens (including phenoxy) is 3. The first-order chi connectivity index (χ1) is 15.2. The highest BCUT2D eigenvalue weighted by Crippen LogP contribution is 2.38. The highest BCUT2D eigenvalue weighted by molar-refractivity contribution is 7.89. The van der Waals surface area contributed by atoms with E-state index in [-0.39, 0.29) is 37.0 Å². The lowest BCUT2D eigenvalue weighted by atomic mass is 10.1. The summed E-state index contributed by atoms with van der Waals surface area (Å²) in [5.74, 6) is 0.943. The Morgan fingerprint density at radius 2 is 1.56 bits per heavy atom. The van der Waals surface area contributed by atoms with Crippen LogP contribution in [0.25, 0.3) is 0 Å². The van der Waals surface area contributed by atoms with Gasteiger partial charge in [0, 0.05) is 38.3 Å². The van der Waals surface area contributed by atoms with Crippen molar-refractivity contribution in [2.75, 3.05) is 47.5 Å². The molecule has 0 saturated carbocycles. The first-order valence-corrected chi connectivity index (χ1v) is 11.8. The van der Waals surface area contributed by atoms with Crippen LogP contribution in [0.1, 0.15) is 28.7 Å². The number of hydrogen-bond acceptors (Lipinski definition) is 7. The van der Waals surface area contributed by atoms with E-state index in [4.69, 9.17) is 14.2 Å². The number of amides is 1. The zero-order valence-electron chi connectivity index (χ0n) is 19.3. The van der Waals surface area contributed by atoms with Crippen molar-refractivity contribution in [3.05, 3.63) is 29.1 Å². The average molecular weight is 467 g/mol. The molecule has 3 rings (SSSR count). The lowest BCUT2D eigenvalue weighted by molar-refractivity contribution is 0.0697. The Morgan fingerprint density at radius 3 is 2.00 bits per heavy atom. The average Bonchev–Trinajstić information content (AvgIpc) is 3.10. The van der Waals surface area contributed by atoms with Crippen molar-refractivity contribution in [2.24, 2.45) is 0 Å². The molecule has 1 amide bonds. The van der Waals surface area contributed by atoms with Crippen LogP contribution < -0.4 is 14.2 Å². The van der Waals surface area contributed by atoms with E-state index < -0.39 is 10.0 Å². The normalized spacial score (nSPS) is 15.0. The molecule has 1 aliphatic heterocycles. The summed E-state index contributed by atoms with van der Waals surface area (Å²) in [5.41, 5.74) is 1.49. The number of nitrogens with zero attached hydrogens (tertiary/aromatic N) is 4. The Balaban J connectivity index is 1.79. The van der Waals surface area contributed by atoms with Gasteiger partial charge in [0.2, 0.25) is 15.8 Å². The van der Waals surface area contributed by atoms with Crippen molar-refractivity contribution in [3.63, 3.8) is 0 Å². The molecule has 1 aromatic carbocycles. The number of piperazine rings is 1. The van der Waals surface area contributed by atoms with Crippen LogP contribution in [0.2, 0.25) is 0 Å². The second-order valence-electron chi connectivity index (χ2n) is 7.43. The number of methoxy groups -OCH3 is 3. The molecule has 10 nitrogen and oxygen atoms in total. The van der Waals surface area contributed by atoms with Crippen molar-refractivity contribution >= 4 is 15.9 Å². The van der Waals surface area contributed by atoms with Crippen LogP contribution in [0, 0.1) is 13.8 Å². The molecule has 2 aromatic rings. The van der Waals surface area contributed by atoms with Gasteiger partial charge in [-0.05, 0) is 32.9 Å². The molecule has 176 valence electrons. The fraction of sp³-hybridized carbons (Fsp3) is 0.524. The summed E-state index contributed by atoms with van der Waals surface area (Å²) < 4.78 is 45.6. The van der Waals surface area contributed by atoms with Crippen molar-refractivity contribution in [3.8, 4) is 17.2 Å². The summed E-state index contributed by atoms with van der Waals surface area (Å²) in [5, 5.41) is 4.33. The maximum absolute atomic E-state index is 13.3. The third-order valence-electron chi connectivity index (χ3n) is 5.65. The van der Waals surface area contributed by atoms with E-state index in [1.54, 1.807) is 35.6 Å². The molecule has 0 bridgehead atoms. The molecule has 0 aliphatic carbocycles. The molecule has 2 heterocycles. The molecule has 1 aliphatic rings. The number of carbonyl (C=O) groups excluding carboxylic acids is 1. The maximum Gasteiger partial charge on any atom is 0.254 e. The number of aromatic nitrogens is 2. The van der Waals surface area contributed by atoms with Gasteiger partial charge >= 0.3 is 0 Å². The lowest BCUT2D eigenvalue weighted by Gasteiger charge is -2.34. The molecule has 0 spiro atoms. The third-order valence-corrected chi connectivity index (χ3v) is 7.80. The van der Waals surface area contributed by atoms with Gasteiger partial charge in [0.25, 0.3) is 5.91 Å². The van der Waals surface area contributed by atoms with Gasteiger partial charge in [-0.2, -0.15) is 9.40 Å². The fourth-order valence-electron chi connectivity index (χ4n) is 4.01. The zero-order chi connectivity index (χ0) is 23.6. The van der Waals surface area contributed by atoms with E-state index in [0.717, 1.165) is 0 Å². The highest BCUT2D eigenvalue weighted by Gasteiger charge is 2.34. The third kappa shape index (κ3) is 4.14. The Morgan fingerprint density at radius 1 is 1.00 bits per heavy atom. The monoisotopic (exact) mass is 466 g/mol. The number of sulfonamides is 1. The predicted molar refractivity (Wildman–Crippen MR) is 118 cm³/mol. The molecule has 11 heteroatoms. The highest BCUT2D eigenvalue weighted by atomic mass is 32.2. The number of carbonyl (C=O) groups is 1. The molecule has 0 radical (unpaired) electrons. The van der Waals surface area contributed by atoms with Gasteiger partial charge in [0.05, 0.1) is 32.7 Å². The van der Waals surface area contributed by atoms with Crippen molar-refractivity contribution in [1.29, 1.82) is 0 Å². The number of benzene rings is 1. The minimum absolute atomic E-state index is 0.203. The van der Waals surface area contributed by atoms with E-state index in [1.165, 1.54) is 25.6 Å². The van der Waals surface area contributed by atoms with E-state index in [0.29, 0.717) is 40.7 Å². The topological polar surface area (TPSA) is 103 Å². The molecule has 1 saturated heterocycles. The van der Waals surface area contributed by atoms with Crippen LogP contribution in [0.5, 0.6) is 17.2 Å². The molecule has 1 fully saturated rings. The van der Waals surface area contributed by atoms with Crippen LogP contribution in [0.3, 0.4) is 0 Å². The molecular weight excluding hydrogens is 436 g/mol. The summed E-state index contributed by atoms with van der Waals surface area (Å²) >= 11 is 0. The van der Waals surface area contributed by atoms with Crippen LogP contribution in [0.15, 0.2) is 17.0 Å². The standard InChI is InChI=1S/C21H30N4O6S/c1-7-25-15(3)20(14(2)22-25)32(27,28)24-10-8-23(9-11-24)21(26)16-12-17(29-4)19(31-6)18(13-16)30-5/h12-13H,7-11H2,1-6H3. The fourth-order valence-corrected chi connectivity index (χ4v) is 5.80. The Hall–Kier alpha value is -2.79. The van der Waals surface area contributed by atoms with E-state index in [2.05, 4.69) is 5.10 Å². The van der Waals surface area contributed by atoms with Gasteiger partial charge in [-0.1, -0.05) is 0 Å². The number of aryl methyl sites for hydroxylation is 2. The van der Waals surface area contributed by atoms with Gasteiger partial charge < -0.3 is 19.1 Å². The minimum Gasteiger partial charge on any atom is -0.493 e. The molecule has 32 heavy (non-hydrogen) atoms. The quantitative estimate of drug-likeness (QED) is 0.612. The number of rotatable bonds is 7. The van der Waals surface area contributed by atoms with Crippen LogP contribution >= 0.6 is 0 Å². The van der Waals surface area contributed by atoms with E-state index >= 15 is 0 Å². The molecular formula is C21H30N4O6S. The van der Waals surface area contributed by atoms with Crippen LogP contribution in [-0.4, -0.2) is 80.8 Å². The second kappa shape index (κ2) is 9.37. The van der Waals surface area contributed by atoms with Gasteiger partial charge in [-0.25, -0.2) is 8.42 Å². The first kappa shape index (κ1) is 23.9. The van der Waals surface area contributed by atoms with Crippen LogP contribution in [-0.2, 0) is 16.6 Å². The van der Waals surface area contributed by atoms with Gasteiger partial charge in [0.1, 0.15) is 4.90 Å². The number of hydrogen-bond donors (Lipinski definition) is 0.